The summed E-state index contributed by atoms with van der Waals surface area (Å²) in [5, 5.41) is 3.89. The Kier molecular flexibility index (Phi) is 4.92. The number of carbonyl (C=O) groups excluding carboxylic acids is 1. The summed E-state index contributed by atoms with van der Waals surface area (Å²) in [5.41, 5.74) is 1.52. The molecular formula is C21H18BrN3O3. The molecule has 1 N–H and O–H groups in total. The number of aromatic nitrogens is 2. The van der Waals surface area contributed by atoms with Gasteiger partial charge in [0.1, 0.15) is 23.2 Å². The number of hydrogen-bond donors (Lipinski definition) is 1. The number of nitrogens with one attached hydrogen (secondary N) is 1. The van der Waals surface area contributed by atoms with Crippen molar-refractivity contribution in [2.45, 2.75) is 6.04 Å². The second-order valence-electron chi connectivity index (χ2n) is 6.37. The van der Waals surface area contributed by atoms with Crippen molar-refractivity contribution in [2.75, 3.05) is 7.11 Å². The lowest BCUT2D eigenvalue weighted by molar-refractivity contribution is 0.0915. The van der Waals surface area contributed by atoms with Gasteiger partial charge in [-0.1, -0.05) is 28.1 Å². The highest BCUT2D eigenvalue weighted by Crippen LogP contribution is 2.27. The van der Waals surface area contributed by atoms with Gasteiger partial charge < -0.3 is 19.0 Å². The molecule has 2 aromatic carbocycles. The summed E-state index contributed by atoms with van der Waals surface area (Å²) < 4.78 is 13.9. The lowest BCUT2D eigenvalue weighted by atomic mass is 10.1. The molecule has 2 heterocycles. The fourth-order valence-electron chi connectivity index (χ4n) is 3.10. The summed E-state index contributed by atoms with van der Waals surface area (Å²) in [6.45, 7) is 0. The van der Waals surface area contributed by atoms with E-state index in [1.54, 1.807) is 19.4 Å². The molecule has 0 saturated heterocycles. The van der Waals surface area contributed by atoms with E-state index in [0.29, 0.717) is 17.2 Å². The third-order valence-electron chi connectivity index (χ3n) is 4.52. The van der Waals surface area contributed by atoms with Crippen LogP contribution in [0.3, 0.4) is 0 Å². The minimum atomic E-state index is -0.456. The van der Waals surface area contributed by atoms with Crippen molar-refractivity contribution < 1.29 is 13.9 Å². The maximum atomic E-state index is 13.0. The molecule has 1 atom stereocenters. The Labute approximate surface area is 170 Å². The summed E-state index contributed by atoms with van der Waals surface area (Å²) in [6, 6.07) is 14.4. The minimum Gasteiger partial charge on any atom is -0.497 e. The van der Waals surface area contributed by atoms with E-state index in [-0.39, 0.29) is 11.7 Å². The molecule has 2 aromatic heterocycles. The average Bonchev–Trinajstić information content (AvgIpc) is 3.31. The zero-order valence-electron chi connectivity index (χ0n) is 15.3. The van der Waals surface area contributed by atoms with E-state index in [0.717, 1.165) is 15.4 Å². The van der Waals surface area contributed by atoms with E-state index in [1.807, 2.05) is 60.3 Å². The zero-order valence-corrected chi connectivity index (χ0v) is 16.9. The smallest absolute Gasteiger partial charge is 0.287 e. The van der Waals surface area contributed by atoms with Gasteiger partial charge >= 0.3 is 0 Å². The quantitative estimate of drug-likeness (QED) is 0.498. The molecule has 1 amide bonds. The average molecular weight is 440 g/mol. The second kappa shape index (κ2) is 7.52. The molecule has 142 valence electrons. The van der Waals surface area contributed by atoms with Crippen molar-refractivity contribution in [2.24, 2.45) is 7.05 Å². The molecule has 0 saturated carbocycles. The fraction of sp³-hybridized carbons (Fsp3) is 0.143. The molecule has 0 bridgehead atoms. The van der Waals surface area contributed by atoms with Gasteiger partial charge in [0.05, 0.1) is 7.11 Å². The Morgan fingerprint density at radius 3 is 2.86 bits per heavy atom. The Hall–Kier alpha value is -3.06. The SMILES string of the molecule is COc1cccc(C(NC(=O)c2cc3cc(Br)ccc3o2)c2nccn2C)c1. The van der Waals surface area contributed by atoms with Crippen molar-refractivity contribution in [3.63, 3.8) is 0 Å². The number of fused-ring (bicyclic) bond motifs is 1. The van der Waals surface area contributed by atoms with E-state index >= 15 is 0 Å². The summed E-state index contributed by atoms with van der Waals surface area (Å²) in [6.07, 6.45) is 3.54. The summed E-state index contributed by atoms with van der Waals surface area (Å²) >= 11 is 3.43. The van der Waals surface area contributed by atoms with Crippen molar-refractivity contribution in [3.8, 4) is 5.75 Å². The van der Waals surface area contributed by atoms with E-state index < -0.39 is 6.04 Å². The standard InChI is InChI=1S/C21H18BrN3O3/c1-25-9-8-23-20(25)19(13-4-3-5-16(11-13)27-2)24-21(26)18-12-14-10-15(22)6-7-17(14)28-18/h3-12,19H,1-2H3,(H,24,26). The molecule has 0 aliphatic carbocycles. The van der Waals surface area contributed by atoms with Crippen molar-refractivity contribution >= 4 is 32.8 Å². The number of rotatable bonds is 5. The highest BCUT2D eigenvalue weighted by molar-refractivity contribution is 9.10. The number of halogens is 1. The molecule has 0 aliphatic heterocycles. The van der Waals surface area contributed by atoms with Gasteiger partial charge in [0.2, 0.25) is 0 Å². The lowest BCUT2D eigenvalue weighted by Gasteiger charge is -2.19. The molecule has 6 nitrogen and oxygen atoms in total. The highest BCUT2D eigenvalue weighted by atomic mass is 79.9. The first kappa shape index (κ1) is 18.3. The summed E-state index contributed by atoms with van der Waals surface area (Å²) in [7, 11) is 3.50. The first-order valence-corrected chi connectivity index (χ1v) is 9.45. The highest BCUT2D eigenvalue weighted by Gasteiger charge is 2.23. The number of carbonyl (C=O) groups is 1. The Bertz CT molecular complexity index is 1150. The number of hydrogen-bond acceptors (Lipinski definition) is 4. The molecule has 28 heavy (non-hydrogen) atoms. The third-order valence-corrected chi connectivity index (χ3v) is 5.01. The van der Waals surface area contributed by atoms with Gasteiger partial charge in [-0.15, -0.1) is 0 Å². The normalized spacial score (nSPS) is 12.1. The molecular weight excluding hydrogens is 422 g/mol. The number of ether oxygens (including phenoxy) is 1. The van der Waals surface area contributed by atoms with Crippen LogP contribution >= 0.6 is 15.9 Å². The van der Waals surface area contributed by atoms with Gasteiger partial charge in [0, 0.05) is 29.3 Å². The molecule has 0 fully saturated rings. The third kappa shape index (κ3) is 3.53. The first-order chi connectivity index (χ1) is 13.5. The largest absolute Gasteiger partial charge is 0.497 e. The van der Waals surface area contributed by atoms with Gasteiger partial charge in [0.15, 0.2) is 5.76 Å². The van der Waals surface area contributed by atoms with Crippen molar-refractivity contribution in [1.82, 2.24) is 14.9 Å². The van der Waals surface area contributed by atoms with E-state index in [2.05, 4.69) is 26.2 Å². The number of furan rings is 1. The van der Waals surface area contributed by atoms with Gasteiger partial charge in [-0.3, -0.25) is 4.79 Å². The lowest BCUT2D eigenvalue weighted by Crippen LogP contribution is -2.30. The number of nitrogens with zero attached hydrogens (tertiary/aromatic N) is 2. The maximum absolute atomic E-state index is 13.0. The van der Waals surface area contributed by atoms with Crippen LogP contribution in [0.25, 0.3) is 11.0 Å². The molecule has 4 rings (SSSR count). The zero-order chi connectivity index (χ0) is 19.7. The number of amides is 1. The monoisotopic (exact) mass is 439 g/mol. The molecule has 0 aliphatic rings. The minimum absolute atomic E-state index is 0.246. The predicted octanol–water partition coefficient (Wildman–Crippen LogP) is 4.46. The van der Waals surface area contributed by atoms with Crippen LogP contribution in [0.4, 0.5) is 0 Å². The molecule has 1 unspecified atom stereocenters. The number of benzene rings is 2. The molecule has 4 aromatic rings. The number of imidazole rings is 1. The fourth-order valence-corrected chi connectivity index (χ4v) is 3.48. The van der Waals surface area contributed by atoms with Crippen LogP contribution in [0.1, 0.15) is 28.0 Å². The maximum Gasteiger partial charge on any atom is 0.287 e. The second-order valence-corrected chi connectivity index (χ2v) is 7.29. The van der Waals surface area contributed by atoms with Gasteiger partial charge in [-0.2, -0.15) is 0 Å². The van der Waals surface area contributed by atoms with Crippen LogP contribution in [-0.4, -0.2) is 22.6 Å². The van der Waals surface area contributed by atoms with Gasteiger partial charge in [-0.25, -0.2) is 4.98 Å². The van der Waals surface area contributed by atoms with E-state index in [4.69, 9.17) is 9.15 Å². The first-order valence-electron chi connectivity index (χ1n) is 8.66. The van der Waals surface area contributed by atoms with Crippen LogP contribution in [0.15, 0.2) is 69.8 Å². The van der Waals surface area contributed by atoms with Crippen LogP contribution in [0, 0.1) is 0 Å². The number of methoxy groups -OCH3 is 1. The van der Waals surface area contributed by atoms with E-state index in [1.165, 1.54) is 0 Å². The van der Waals surface area contributed by atoms with Crippen molar-refractivity contribution in [3.05, 3.63) is 82.5 Å². The summed E-state index contributed by atoms with van der Waals surface area (Å²) in [5.74, 6) is 1.35. The van der Waals surface area contributed by atoms with Gasteiger partial charge in [0.25, 0.3) is 5.91 Å². The molecule has 7 heteroatoms. The van der Waals surface area contributed by atoms with E-state index in [9.17, 15) is 4.79 Å². The summed E-state index contributed by atoms with van der Waals surface area (Å²) in [4.78, 5) is 17.4. The Morgan fingerprint density at radius 2 is 2.11 bits per heavy atom. The van der Waals surface area contributed by atoms with Crippen LogP contribution in [0.5, 0.6) is 5.75 Å². The van der Waals surface area contributed by atoms with Crippen LogP contribution in [-0.2, 0) is 7.05 Å². The van der Waals surface area contributed by atoms with Crippen LogP contribution in [0.2, 0.25) is 0 Å². The van der Waals surface area contributed by atoms with Crippen molar-refractivity contribution in [1.29, 1.82) is 0 Å². The Morgan fingerprint density at radius 1 is 1.25 bits per heavy atom. The molecule has 0 spiro atoms. The number of aryl methyl sites for hydroxylation is 1. The molecule has 0 radical (unpaired) electrons. The topological polar surface area (TPSA) is 69.3 Å². The predicted molar refractivity (Wildman–Crippen MR) is 109 cm³/mol. The Balaban J connectivity index is 1.70. The van der Waals surface area contributed by atoms with Gasteiger partial charge in [-0.05, 0) is 42.0 Å². The van der Waals surface area contributed by atoms with Crippen LogP contribution < -0.4 is 10.1 Å².